The Kier molecular flexibility index (Phi) is 3.64. The van der Waals surface area contributed by atoms with Gasteiger partial charge >= 0.3 is 6.09 Å². The molecule has 7 heteroatoms. The Morgan fingerprint density at radius 1 is 1.53 bits per heavy atom. The molecule has 1 amide bonds. The summed E-state index contributed by atoms with van der Waals surface area (Å²) in [4.78, 5) is 23.2. The number of carbonyl (C=O) groups excluding carboxylic acids is 2. The van der Waals surface area contributed by atoms with E-state index >= 15 is 0 Å². The number of hydrogen-bond donors (Lipinski definition) is 1. The minimum Gasteiger partial charge on any atom is -0.487 e. The molecule has 1 aliphatic heterocycles. The quantitative estimate of drug-likeness (QED) is 0.888. The van der Waals surface area contributed by atoms with Crippen LogP contribution in [0, 0.1) is 11.6 Å². The first kappa shape index (κ1) is 13.3. The van der Waals surface area contributed by atoms with Crippen LogP contribution in [0.3, 0.4) is 0 Å². The van der Waals surface area contributed by atoms with Crippen LogP contribution in [0.25, 0.3) is 0 Å². The monoisotopic (exact) mass is 271 g/mol. The van der Waals surface area contributed by atoms with Crippen LogP contribution in [0.2, 0.25) is 0 Å². The van der Waals surface area contributed by atoms with Crippen LogP contribution in [-0.2, 0) is 4.74 Å². The summed E-state index contributed by atoms with van der Waals surface area (Å²) in [5.74, 6) is -2.75. The Labute approximate surface area is 107 Å². The summed E-state index contributed by atoms with van der Waals surface area (Å²) in [6, 6.07) is 0.484. The van der Waals surface area contributed by atoms with Gasteiger partial charge in [0.15, 0.2) is 17.3 Å². The fourth-order valence-electron chi connectivity index (χ4n) is 1.74. The second-order valence-corrected chi connectivity index (χ2v) is 3.86. The summed E-state index contributed by atoms with van der Waals surface area (Å²) in [5.41, 5.74) is -0.231. The van der Waals surface area contributed by atoms with Crippen LogP contribution < -0.4 is 10.1 Å². The molecule has 1 atom stereocenters. The lowest BCUT2D eigenvalue weighted by Gasteiger charge is -2.24. The molecular formula is C12H11F2NO4. The third kappa shape index (κ3) is 2.64. The highest BCUT2D eigenvalue weighted by molar-refractivity contribution is 6.04. The fraction of sp³-hybridized carbons (Fsp3) is 0.333. The first-order valence-corrected chi connectivity index (χ1v) is 5.62. The Hall–Kier alpha value is -2.18. The zero-order valence-electron chi connectivity index (χ0n) is 10.0. The molecule has 0 radical (unpaired) electrons. The third-order valence-electron chi connectivity index (χ3n) is 2.55. The molecule has 1 aromatic rings. The van der Waals surface area contributed by atoms with E-state index < -0.39 is 29.6 Å². The van der Waals surface area contributed by atoms with E-state index in [4.69, 9.17) is 4.74 Å². The standard InChI is InChI=1S/C12H11F2NO4/c1-2-18-12(17)15-9-5-19-11-7(10(9)16)3-6(13)4-8(11)14/h3-4,9H,2,5H2,1H3,(H,15,17). The normalized spacial score (nSPS) is 17.4. The van der Waals surface area contributed by atoms with Gasteiger partial charge in [0, 0.05) is 6.07 Å². The van der Waals surface area contributed by atoms with Gasteiger partial charge in [-0.2, -0.15) is 0 Å². The maximum absolute atomic E-state index is 13.4. The minimum atomic E-state index is -1.02. The Morgan fingerprint density at radius 3 is 2.95 bits per heavy atom. The molecule has 19 heavy (non-hydrogen) atoms. The van der Waals surface area contributed by atoms with E-state index in [1.54, 1.807) is 6.92 Å². The SMILES string of the molecule is CCOC(=O)NC1COc2c(F)cc(F)cc2C1=O. The van der Waals surface area contributed by atoms with E-state index in [1.807, 2.05) is 0 Å². The molecule has 0 saturated carbocycles. The van der Waals surface area contributed by atoms with Gasteiger partial charge in [-0.05, 0) is 13.0 Å². The lowest BCUT2D eigenvalue weighted by atomic mass is 10.0. The Morgan fingerprint density at radius 2 is 2.26 bits per heavy atom. The van der Waals surface area contributed by atoms with E-state index in [-0.39, 0.29) is 24.5 Å². The summed E-state index contributed by atoms with van der Waals surface area (Å²) in [5, 5.41) is 2.27. The number of halogens is 2. The molecule has 1 N–H and O–H groups in total. The number of nitrogens with one attached hydrogen (secondary N) is 1. The van der Waals surface area contributed by atoms with Crippen molar-refractivity contribution < 1.29 is 27.8 Å². The second kappa shape index (κ2) is 5.21. The lowest BCUT2D eigenvalue weighted by Crippen LogP contribution is -2.47. The van der Waals surface area contributed by atoms with E-state index in [1.165, 1.54) is 0 Å². The van der Waals surface area contributed by atoms with Crippen molar-refractivity contribution in [1.82, 2.24) is 5.32 Å². The number of amides is 1. The van der Waals surface area contributed by atoms with Crippen molar-refractivity contribution in [2.24, 2.45) is 0 Å². The van der Waals surface area contributed by atoms with Crippen molar-refractivity contribution in [2.75, 3.05) is 13.2 Å². The van der Waals surface area contributed by atoms with Crippen LogP contribution in [0.1, 0.15) is 17.3 Å². The Balaban J connectivity index is 2.22. The second-order valence-electron chi connectivity index (χ2n) is 3.86. The molecule has 1 aromatic carbocycles. The molecule has 102 valence electrons. The number of ether oxygens (including phenoxy) is 2. The van der Waals surface area contributed by atoms with Crippen molar-refractivity contribution >= 4 is 11.9 Å². The molecule has 0 spiro atoms. The van der Waals surface area contributed by atoms with Crippen molar-refractivity contribution in [1.29, 1.82) is 0 Å². The van der Waals surface area contributed by atoms with E-state index in [0.717, 1.165) is 6.07 Å². The largest absolute Gasteiger partial charge is 0.487 e. The molecule has 1 heterocycles. The average molecular weight is 271 g/mol. The molecule has 0 saturated heterocycles. The molecule has 0 aliphatic carbocycles. The van der Waals surface area contributed by atoms with Gasteiger partial charge in [0.05, 0.1) is 12.2 Å². The highest BCUT2D eigenvalue weighted by Crippen LogP contribution is 2.29. The first-order valence-electron chi connectivity index (χ1n) is 5.62. The fourth-order valence-corrected chi connectivity index (χ4v) is 1.74. The zero-order valence-corrected chi connectivity index (χ0v) is 10.0. The number of ketones is 1. The molecule has 5 nitrogen and oxygen atoms in total. The van der Waals surface area contributed by atoms with Crippen molar-refractivity contribution in [3.05, 3.63) is 29.3 Å². The van der Waals surface area contributed by atoms with Crippen molar-refractivity contribution in [3.63, 3.8) is 0 Å². The van der Waals surface area contributed by atoms with Crippen molar-refractivity contribution in [3.8, 4) is 5.75 Å². The number of alkyl carbamates (subject to hydrolysis) is 1. The molecule has 0 bridgehead atoms. The first-order chi connectivity index (χ1) is 9.02. The summed E-state index contributed by atoms with van der Waals surface area (Å²) in [6.45, 7) is 1.53. The van der Waals surface area contributed by atoms with Gasteiger partial charge in [0.25, 0.3) is 0 Å². The van der Waals surface area contributed by atoms with E-state index in [9.17, 15) is 18.4 Å². The molecule has 0 aromatic heterocycles. The lowest BCUT2D eigenvalue weighted by molar-refractivity contribution is 0.0840. The van der Waals surface area contributed by atoms with Gasteiger partial charge in [-0.1, -0.05) is 0 Å². The van der Waals surface area contributed by atoms with Gasteiger partial charge in [-0.25, -0.2) is 13.6 Å². The van der Waals surface area contributed by atoms with Crippen LogP contribution in [0.5, 0.6) is 5.75 Å². The molecular weight excluding hydrogens is 260 g/mol. The number of Topliss-reactive ketones (excluding diaryl/α,β-unsaturated/α-hetero) is 1. The number of benzene rings is 1. The van der Waals surface area contributed by atoms with Crippen LogP contribution >= 0.6 is 0 Å². The van der Waals surface area contributed by atoms with Crippen LogP contribution in [0.15, 0.2) is 12.1 Å². The maximum Gasteiger partial charge on any atom is 0.407 e. The van der Waals surface area contributed by atoms with Gasteiger partial charge < -0.3 is 14.8 Å². The number of fused-ring (bicyclic) bond motifs is 1. The van der Waals surface area contributed by atoms with E-state index in [2.05, 4.69) is 10.1 Å². The summed E-state index contributed by atoms with van der Waals surface area (Å²) in [7, 11) is 0. The number of carbonyl (C=O) groups is 2. The molecule has 0 fully saturated rings. The van der Waals surface area contributed by atoms with Gasteiger partial charge in [-0.15, -0.1) is 0 Å². The highest BCUT2D eigenvalue weighted by Gasteiger charge is 2.32. The smallest absolute Gasteiger partial charge is 0.407 e. The topological polar surface area (TPSA) is 64.6 Å². The third-order valence-corrected chi connectivity index (χ3v) is 2.55. The predicted molar refractivity (Wildman–Crippen MR) is 60.1 cm³/mol. The van der Waals surface area contributed by atoms with Gasteiger partial charge in [0.1, 0.15) is 18.5 Å². The Bertz CT molecular complexity index is 533. The molecule has 1 aliphatic rings. The molecule has 1 unspecified atom stereocenters. The van der Waals surface area contributed by atoms with Crippen LogP contribution in [0.4, 0.5) is 13.6 Å². The highest BCUT2D eigenvalue weighted by atomic mass is 19.1. The predicted octanol–water partition coefficient (Wildman–Crippen LogP) is 1.65. The minimum absolute atomic E-state index is 0.146. The van der Waals surface area contributed by atoms with Gasteiger partial charge in [0.2, 0.25) is 0 Å². The maximum atomic E-state index is 13.4. The molecule has 2 rings (SSSR count). The summed E-state index contributed by atoms with van der Waals surface area (Å²) < 4.78 is 36.1. The number of hydrogen-bond acceptors (Lipinski definition) is 4. The van der Waals surface area contributed by atoms with Gasteiger partial charge in [-0.3, -0.25) is 4.79 Å². The average Bonchev–Trinajstić information content (AvgIpc) is 2.33. The van der Waals surface area contributed by atoms with Crippen LogP contribution in [-0.4, -0.2) is 31.1 Å². The van der Waals surface area contributed by atoms with E-state index in [0.29, 0.717) is 6.07 Å². The zero-order chi connectivity index (χ0) is 14.0. The van der Waals surface area contributed by atoms with Crippen molar-refractivity contribution in [2.45, 2.75) is 13.0 Å². The summed E-state index contributed by atoms with van der Waals surface area (Å²) in [6.07, 6.45) is -0.787. The number of rotatable bonds is 2. The summed E-state index contributed by atoms with van der Waals surface area (Å²) >= 11 is 0.